The molecule has 0 atom stereocenters. The summed E-state index contributed by atoms with van der Waals surface area (Å²) in [5.41, 5.74) is 3.71. The molecule has 1 aromatic rings. The summed E-state index contributed by atoms with van der Waals surface area (Å²) in [6.07, 6.45) is 3.66. The van der Waals surface area contributed by atoms with Crippen molar-refractivity contribution in [3.8, 4) is 0 Å². The van der Waals surface area contributed by atoms with E-state index >= 15 is 0 Å². The van der Waals surface area contributed by atoms with Gasteiger partial charge in [-0.05, 0) is 37.0 Å². The molecule has 0 saturated carbocycles. The van der Waals surface area contributed by atoms with Crippen LogP contribution in [0.25, 0.3) is 0 Å². The van der Waals surface area contributed by atoms with E-state index in [1.54, 1.807) is 0 Å². The predicted molar refractivity (Wildman–Crippen MR) is 61.2 cm³/mol. The van der Waals surface area contributed by atoms with Gasteiger partial charge in [-0.15, -0.1) is 0 Å². The summed E-state index contributed by atoms with van der Waals surface area (Å²) in [5.74, 6) is 0. The highest BCUT2D eigenvalue weighted by atomic mass is 14.8. The smallest absolute Gasteiger partial charge is 0.0421 e. The molecule has 0 bridgehead atoms. The van der Waals surface area contributed by atoms with Crippen molar-refractivity contribution >= 4 is 11.4 Å². The first kappa shape index (κ1) is 9.25. The van der Waals surface area contributed by atoms with Crippen molar-refractivity contribution in [1.29, 1.82) is 0 Å². The van der Waals surface area contributed by atoms with Gasteiger partial charge < -0.3 is 5.32 Å². The highest BCUT2D eigenvalue weighted by molar-refractivity contribution is 6.01. The van der Waals surface area contributed by atoms with E-state index in [-0.39, 0.29) is 0 Å². The van der Waals surface area contributed by atoms with Gasteiger partial charge in [-0.3, -0.25) is 4.99 Å². The molecule has 0 aromatic heterocycles. The Morgan fingerprint density at radius 2 is 2.21 bits per heavy atom. The van der Waals surface area contributed by atoms with E-state index in [1.165, 1.54) is 24.1 Å². The van der Waals surface area contributed by atoms with E-state index in [4.69, 9.17) is 0 Å². The number of hydrogen-bond donors (Lipinski definition) is 1. The largest absolute Gasteiger partial charge is 0.388 e. The molecule has 0 aliphatic carbocycles. The minimum absolute atomic E-state index is 0.999. The molecule has 1 aromatic carbocycles. The van der Waals surface area contributed by atoms with Gasteiger partial charge >= 0.3 is 0 Å². The van der Waals surface area contributed by atoms with E-state index in [2.05, 4.69) is 34.6 Å². The van der Waals surface area contributed by atoms with E-state index < -0.39 is 0 Å². The van der Waals surface area contributed by atoms with Crippen LogP contribution in [0.4, 0.5) is 5.69 Å². The molecular formula is C12H16N2. The zero-order chi connectivity index (χ0) is 9.80. The average Bonchev–Trinajstić information content (AvgIpc) is 2.30. The normalized spacial score (nSPS) is 16.2. The molecule has 14 heavy (non-hydrogen) atoms. The Morgan fingerprint density at radius 3 is 2.93 bits per heavy atom. The summed E-state index contributed by atoms with van der Waals surface area (Å²) in [6.45, 7) is 0.999. The lowest BCUT2D eigenvalue weighted by molar-refractivity contribution is 0.738. The molecule has 1 heterocycles. The second kappa shape index (κ2) is 4.27. The molecule has 2 nitrogen and oxygen atoms in total. The van der Waals surface area contributed by atoms with E-state index in [9.17, 15) is 0 Å². The van der Waals surface area contributed by atoms with Gasteiger partial charge in [-0.1, -0.05) is 12.1 Å². The third kappa shape index (κ3) is 1.95. The molecule has 1 aliphatic heterocycles. The number of nitrogens with one attached hydrogen (secondary N) is 1. The first-order valence-electron chi connectivity index (χ1n) is 5.21. The quantitative estimate of drug-likeness (QED) is 0.758. The molecule has 0 unspecified atom stereocenters. The molecule has 74 valence electrons. The van der Waals surface area contributed by atoms with Gasteiger partial charge in [-0.2, -0.15) is 0 Å². The van der Waals surface area contributed by atoms with Crippen LogP contribution in [-0.4, -0.2) is 19.3 Å². The minimum Gasteiger partial charge on any atom is -0.388 e. The Labute approximate surface area is 85.1 Å². The summed E-state index contributed by atoms with van der Waals surface area (Å²) in [4.78, 5) is 4.56. The summed E-state index contributed by atoms with van der Waals surface area (Å²) < 4.78 is 0. The van der Waals surface area contributed by atoms with Crippen LogP contribution in [-0.2, 0) is 0 Å². The van der Waals surface area contributed by atoms with Crippen LogP contribution in [0.2, 0.25) is 0 Å². The van der Waals surface area contributed by atoms with Gasteiger partial charge in [0.25, 0.3) is 0 Å². The number of rotatable bonds is 2. The highest BCUT2D eigenvalue weighted by Gasteiger charge is 2.07. The lowest BCUT2D eigenvalue weighted by atomic mass is 10.0. The second-order valence-corrected chi connectivity index (χ2v) is 3.62. The Bertz CT molecular complexity index is 342. The first-order valence-corrected chi connectivity index (χ1v) is 5.21. The number of nitrogens with zero attached hydrogens (tertiary/aromatic N) is 1. The van der Waals surface area contributed by atoms with Gasteiger partial charge in [0, 0.05) is 25.0 Å². The van der Waals surface area contributed by atoms with E-state index in [0.717, 1.165) is 18.7 Å². The number of anilines is 1. The molecule has 0 amide bonds. The third-order valence-corrected chi connectivity index (χ3v) is 2.61. The van der Waals surface area contributed by atoms with Gasteiger partial charge in [0.1, 0.15) is 0 Å². The molecule has 2 heteroatoms. The topological polar surface area (TPSA) is 24.4 Å². The maximum Gasteiger partial charge on any atom is 0.0421 e. The standard InChI is InChI=1S/C12H16N2/c1-13-11-6-4-5-10(9-11)12-7-2-3-8-14-12/h4-6,9,13H,2-3,7-8H2,1H3. The molecule has 1 aliphatic rings. The maximum absolute atomic E-state index is 4.56. The van der Waals surface area contributed by atoms with Crippen LogP contribution in [0.1, 0.15) is 24.8 Å². The van der Waals surface area contributed by atoms with Crippen LogP contribution >= 0.6 is 0 Å². The van der Waals surface area contributed by atoms with Crippen molar-refractivity contribution in [2.75, 3.05) is 18.9 Å². The van der Waals surface area contributed by atoms with Crippen LogP contribution < -0.4 is 5.32 Å². The van der Waals surface area contributed by atoms with Crippen molar-refractivity contribution in [3.63, 3.8) is 0 Å². The van der Waals surface area contributed by atoms with Crippen LogP contribution in [0.5, 0.6) is 0 Å². The van der Waals surface area contributed by atoms with Crippen molar-refractivity contribution < 1.29 is 0 Å². The zero-order valence-electron chi connectivity index (χ0n) is 8.59. The molecule has 2 rings (SSSR count). The lowest BCUT2D eigenvalue weighted by Gasteiger charge is -2.12. The van der Waals surface area contributed by atoms with Crippen molar-refractivity contribution in [3.05, 3.63) is 29.8 Å². The third-order valence-electron chi connectivity index (χ3n) is 2.61. The van der Waals surface area contributed by atoms with Gasteiger partial charge in [0.2, 0.25) is 0 Å². The van der Waals surface area contributed by atoms with Crippen LogP contribution in [0, 0.1) is 0 Å². The summed E-state index contributed by atoms with van der Waals surface area (Å²) in [5, 5.41) is 3.15. The fraction of sp³-hybridized carbons (Fsp3) is 0.417. The molecule has 0 fully saturated rings. The van der Waals surface area contributed by atoms with Crippen LogP contribution in [0.15, 0.2) is 29.3 Å². The Hall–Kier alpha value is -1.31. The fourth-order valence-electron chi connectivity index (χ4n) is 1.79. The first-order chi connectivity index (χ1) is 6.90. The zero-order valence-corrected chi connectivity index (χ0v) is 8.59. The van der Waals surface area contributed by atoms with E-state index in [0.29, 0.717) is 0 Å². The summed E-state index contributed by atoms with van der Waals surface area (Å²) >= 11 is 0. The maximum atomic E-state index is 4.56. The van der Waals surface area contributed by atoms with E-state index in [1.807, 2.05) is 7.05 Å². The monoisotopic (exact) mass is 188 g/mol. The molecular weight excluding hydrogens is 172 g/mol. The average molecular weight is 188 g/mol. The second-order valence-electron chi connectivity index (χ2n) is 3.62. The van der Waals surface area contributed by atoms with Gasteiger partial charge in [0.15, 0.2) is 0 Å². The Balaban J connectivity index is 2.26. The van der Waals surface area contributed by atoms with Gasteiger partial charge in [0.05, 0.1) is 0 Å². The molecule has 1 N–H and O–H groups in total. The number of aliphatic imine (C=N–C) groups is 1. The van der Waals surface area contributed by atoms with Crippen molar-refractivity contribution in [2.24, 2.45) is 4.99 Å². The number of benzene rings is 1. The van der Waals surface area contributed by atoms with Gasteiger partial charge in [-0.25, -0.2) is 0 Å². The van der Waals surface area contributed by atoms with Crippen LogP contribution in [0.3, 0.4) is 0 Å². The minimum atomic E-state index is 0.999. The lowest BCUT2D eigenvalue weighted by Crippen LogP contribution is -2.07. The summed E-state index contributed by atoms with van der Waals surface area (Å²) in [6, 6.07) is 8.47. The fourth-order valence-corrected chi connectivity index (χ4v) is 1.79. The molecule has 0 radical (unpaired) electrons. The molecule has 0 spiro atoms. The highest BCUT2D eigenvalue weighted by Crippen LogP contribution is 2.16. The Morgan fingerprint density at radius 1 is 1.29 bits per heavy atom. The Kier molecular flexibility index (Phi) is 2.82. The summed E-state index contributed by atoms with van der Waals surface area (Å²) in [7, 11) is 1.95. The SMILES string of the molecule is CNc1cccc(C2=NCCCC2)c1. The number of hydrogen-bond acceptors (Lipinski definition) is 2. The molecule has 0 saturated heterocycles. The predicted octanol–water partition coefficient (Wildman–Crippen LogP) is 2.70. The van der Waals surface area contributed by atoms with Crippen molar-refractivity contribution in [2.45, 2.75) is 19.3 Å². The van der Waals surface area contributed by atoms with Crippen molar-refractivity contribution in [1.82, 2.24) is 0 Å².